The molecule has 0 bridgehead atoms. The van der Waals surface area contributed by atoms with Gasteiger partial charge in [0, 0.05) is 36.0 Å². The molecule has 2 heterocycles. The van der Waals surface area contributed by atoms with Crippen molar-refractivity contribution in [3.63, 3.8) is 0 Å². The number of halogens is 1. The van der Waals surface area contributed by atoms with Gasteiger partial charge in [0.25, 0.3) is 0 Å². The maximum atomic E-state index is 13.4. The monoisotopic (exact) mass is 716 g/mol. The number of carbonyl (C=O) groups excluding carboxylic acids is 2. The molecule has 5 rings (SSSR count). The maximum absolute atomic E-state index is 13.4. The van der Waals surface area contributed by atoms with Crippen LogP contribution in [0.4, 0.5) is 0 Å². The Kier molecular flexibility index (Phi) is 15.8. The van der Waals surface area contributed by atoms with Crippen LogP contribution in [0.25, 0.3) is 0 Å². The van der Waals surface area contributed by atoms with Crippen molar-refractivity contribution in [2.75, 3.05) is 32.7 Å². The zero-order valence-electron chi connectivity index (χ0n) is 28.3. The van der Waals surface area contributed by atoms with Crippen molar-refractivity contribution in [1.82, 2.24) is 0 Å². The highest BCUT2D eigenvalue weighted by Crippen LogP contribution is 2.34. The highest BCUT2D eigenvalue weighted by Gasteiger charge is 2.45. The molecule has 2 saturated heterocycles. The van der Waals surface area contributed by atoms with E-state index < -0.39 is 18.3 Å². The fourth-order valence-electron chi connectivity index (χ4n) is 6.21. The molecule has 11 heteroatoms. The minimum Gasteiger partial charge on any atom is -0.491 e. The van der Waals surface area contributed by atoms with Gasteiger partial charge in [0.2, 0.25) is 0 Å². The number of hydrogen-bond donors (Lipinski definition) is 0. The molecule has 0 radical (unpaired) electrons. The van der Waals surface area contributed by atoms with Crippen LogP contribution in [0, 0.1) is 5.92 Å². The van der Waals surface area contributed by atoms with Crippen molar-refractivity contribution < 1.29 is 42.7 Å². The number of esters is 1. The lowest BCUT2D eigenvalue weighted by atomic mass is 9.99. The number of benzene rings is 2. The molecular formula is C38H49ClO9S. The van der Waals surface area contributed by atoms with Crippen LogP contribution in [0.2, 0.25) is 5.02 Å². The largest absolute Gasteiger partial charge is 0.491 e. The molecule has 1 aliphatic carbocycles. The van der Waals surface area contributed by atoms with Crippen molar-refractivity contribution in [2.24, 2.45) is 5.92 Å². The van der Waals surface area contributed by atoms with E-state index >= 15 is 0 Å². The topological polar surface area (TPSA) is 98.8 Å². The van der Waals surface area contributed by atoms with Gasteiger partial charge >= 0.3 is 5.97 Å². The zero-order valence-corrected chi connectivity index (χ0v) is 29.9. The van der Waals surface area contributed by atoms with Crippen LogP contribution in [0.15, 0.2) is 65.6 Å². The molecule has 6 atom stereocenters. The Bertz CT molecular complexity index is 1330. The Morgan fingerprint density at radius 1 is 0.980 bits per heavy atom. The molecule has 3 aliphatic rings. The third-order valence-corrected chi connectivity index (χ3v) is 9.81. The van der Waals surface area contributed by atoms with Gasteiger partial charge in [0.15, 0.2) is 12.6 Å². The van der Waals surface area contributed by atoms with E-state index in [4.69, 9.17) is 44.8 Å². The molecule has 0 aromatic heterocycles. The summed E-state index contributed by atoms with van der Waals surface area (Å²) in [5, 5.41) is 0.587. The molecule has 2 aromatic rings. The number of rotatable bonds is 18. The Labute approximate surface area is 299 Å². The van der Waals surface area contributed by atoms with Crippen LogP contribution in [0.3, 0.4) is 0 Å². The lowest BCUT2D eigenvalue weighted by molar-refractivity contribution is -0.226. The van der Waals surface area contributed by atoms with Crippen molar-refractivity contribution in [3.8, 4) is 11.5 Å². The molecule has 2 aromatic carbocycles. The number of ether oxygens (including phenoxy) is 7. The van der Waals surface area contributed by atoms with E-state index in [0.29, 0.717) is 55.4 Å². The normalized spacial score (nSPS) is 25.0. The van der Waals surface area contributed by atoms with Gasteiger partial charge in [-0.3, -0.25) is 9.59 Å². The van der Waals surface area contributed by atoms with Crippen LogP contribution in [0.1, 0.15) is 70.6 Å². The smallest absolute Gasteiger partial charge is 0.311 e. The van der Waals surface area contributed by atoms with Crippen LogP contribution < -0.4 is 9.47 Å². The van der Waals surface area contributed by atoms with E-state index in [9.17, 15) is 9.59 Å². The predicted octanol–water partition coefficient (Wildman–Crippen LogP) is 7.96. The van der Waals surface area contributed by atoms with Gasteiger partial charge in [-0.15, -0.1) is 11.8 Å². The SMILES string of the molecule is CSc1ccc(OC(=O)CCC/C=C\C[C@H]2C(=O)C[C@@H](OC3CCCCO3)[C@@H]2OCC(COc2cccc(Cl)c2)OC2CCCCO2)cc1. The number of carbonyl (C=O) groups is 2. The summed E-state index contributed by atoms with van der Waals surface area (Å²) in [6.45, 7) is 1.74. The van der Waals surface area contributed by atoms with Gasteiger partial charge in [-0.05, 0) is 107 Å². The lowest BCUT2D eigenvalue weighted by Gasteiger charge is -2.32. The van der Waals surface area contributed by atoms with E-state index in [1.54, 1.807) is 23.9 Å². The standard InChI is InChI=1S/C38H49ClO9S/c1-49-31-19-17-28(18-20-31)46-35(41)14-5-3-2-4-13-32-33(40)24-34(48-37-16-7-9-22-43-37)38(32)45-26-30(47-36-15-6-8-21-42-36)25-44-29-12-10-11-27(39)23-29/h2,4,10-12,17-20,23,30,32,34,36-38H,3,5-9,13-16,21-22,24-26H2,1H3/b4-2-/t30?,32-,34+,36?,37?,38+/m0/s1. The first-order chi connectivity index (χ1) is 24.0. The second-order valence-corrected chi connectivity index (χ2v) is 13.9. The second-order valence-electron chi connectivity index (χ2n) is 12.6. The number of hydrogen-bond acceptors (Lipinski definition) is 10. The first-order valence-electron chi connectivity index (χ1n) is 17.5. The molecule has 3 fully saturated rings. The van der Waals surface area contributed by atoms with Gasteiger partial charge < -0.3 is 33.2 Å². The Morgan fingerprint density at radius 3 is 2.47 bits per heavy atom. The second kappa shape index (κ2) is 20.4. The Hall–Kier alpha value is -2.44. The molecular weight excluding hydrogens is 668 g/mol. The van der Waals surface area contributed by atoms with E-state index in [1.165, 1.54) is 0 Å². The molecule has 0 spiro atoms. The van der Waals surface area contributed by atoms with Gasteiger partial charge in [-0.2, -0.15) is 0 Å². The zero-order chi connectivity index (χ0) is 34.3. The van der Waals surface area contributed by atoms with Gasteiger partial charge in [0.05, 0.1) is 24.7 Å². The summed E-state index contributed by atoms with van der Waals surface area (Å²) in [7, 11) is 0. The van der Waals surface area contributed by atoms with Crippen molar-refractivity contribution >= 4 is 35.1 Å². The number of allylic oxidation sites excluding steroid dienone is 2. The van der Waals surface area contributed by atoms with E-state index in [0.717, 1.165) is 43.4 Å². The van der Waals surface area contributed by atoms with Crippen molar-refractivity contribution in [3.05, 3.63) is 65.7 Å². The summed E-state index contributed by atoms with van der Waals surface area (Å²) >= 11 is 7.81. The summed E-state index contributed by atoms with van der Waals surface area (Å²) in [5.41, 5.74) is 0. The summed E-state index contributed by atoms with van der Waals surface area (Å²) in [5.74, 6) is 0.659. The molecule has 3 unspecified atom stereocenters. The Morgan fingerprint density at radius 2 is 1.76 bits per heavy atom. The van der Waals surface area contributed by atoms with Crippen LogP contribution >= 0.6 is 23.4 Å². The molecule has 49 heavy (non-hydrogen) atoms. The molecule has 0 N–H and O–H groups in total. The van der Waals surface area contributed by atoms with Gasteiger partial charge in [-0.1, -0.05) is 29.8 Å². The predicted molar refractivity (Wildman–Crippen MR) is 188 cm³/mol. The number of thioether (sulfide) groups is 1. The van der Waals surface area contributed by atoms with E-state index in [-0.39, 0.29) is 49.9 Å². The first-order valence-corrected chi connectivity index (χ1v) is 19.1. The Balaban J connectivity index is 1.16. The molecule has 9 nitrogen and oxygen atoms in total. The average Bonchev–Trinajstić information content (AvgIpc) is 3.41. The van der Waals surface area contributed by atoms with E-state index in [2.05, 4.69) is 0 Å². The summed E-state index contributed by atoms with van der Waals surface area (Å²) < 4.78 is 42.5. The fourth-order valence-corrected chi connectivity index (χ4v) is 6.80. The molecule has 268 valence electrons. The summed E-state index contributed by atoms with van der Waals surface area (Å²) in [6, 6.07) is 14.7. The first kappa shape index (κ1) is 37.8. The minimum absolute atomic E-state index is 0.106. The van der Waals surface area contributed by atoms with Crippen molar-refractivity contribution in [1.29, 1.82) is 0 Å². The quantitative estimate of drug-likeness (QED) is 0.0497. The molecule has 0 amide bonds. The van der Waals surface area contributed by atoms with E-state index in [1.807, 2.05) is 54.8 Å². The third kappa shape index (κ3) is 12.7. The number of Topliss-reactive ketones (excluding diaryl/α,β-unsaturated/α-hetero) is 1. The summed E-state index contributed by atoms with van der Waals surface area (Å²) in [6.07, 6.45) is 12.1. The number of unbranched alkanes of at least 4 members (excludes halogenated alkanes) is 1. The average molecular weight is 717 g/mol. The number of ketones is 1. The maximum Gasteiger partial charge on any atom is 0.311 e. The van der Waals surface area contributed by atoms with Crippen LogP contribution in [0.5, 0.6) is 11.5 Å². The highest BCUT2D eigenvalue weighted by atomic mass is 35.5. The third-order valence-electron chi connectivity index (χ3n) is 8.83. The van der Waals surface area contributed by atoms with Crippen LogP contribution in [-0.2, 0) is 33.3 Å². The lowest BCUT2D eigenvalue weighted by Crippen LogP contribution is -2.40. The minimum atomic E-state index is -0.473. The fraction of sp³-hybridized carbons (Fsp3) is 0.579. The molecule has 2 aliphatic heterocycles. The molecule has 1 saturated carbocycles. The van der Waals surface area contributed by atoms with Crippen LogP contribution in [-0.4, -0.2) is 75.3 Å². The van der Waals surface area contributed by atoms with Gasteiger partial charge in [0.1, 0.15) is 30.0 Å². The summed E-state index contributed by atoms with van der Waals surface area (Å²) in [4.78, 5) is 26.8. The van der Waals surface area contributed by atoms with Gasteiger partial charge in [-0.25, -0.2) is 0 Å². The highest BCUT2D eigenvalue weighted by molar-refractivity contribution is 7.98. The van der Waals surface area contributed by atoms with Crippen molar-refractivity contribution in [2.45, 2.75) is 106 Å².